The van der Waals surface area contributed by atoms with E-state index < -0.39 is 10.0 Å². The Kier molecular flexibility index (Phi) is 4.95. The van der Waals surface area contributed by atoms with Crippen molar-refractivity contribution < 1.29 is 13.2 Å². The fourth-order valence-electron chi connectivity index (χ4n) is 4.83. The third kappa shape index (κ3) is 3.47. The van der Waals surface area contributed by atoms with Gasteiger partial charge in [0.05, 0.1) is 12.0 Å². The minimum absolute atomic E-state index is 0.0169. The van der Waals surface area contributed by atoms with Crippen molar-refractivity contribution in [3.8, 4) is 16.9 Å². The molecule has 2 aliphatic heterocycles. The molecule has 0 saturated carbocycles. The van der Waals surface area contributed by atoms with E-state index in [9.17, 15) is 13.2 Å². The summed E-state index contributed by atoms with van der Waals surface area (Å²) in [7, 11) is -1.93. The molecule has 0 spiro atoms. The largest absolute Gasteiger partial charge is 0.497 e. The van der Waals surface area contributed by atoms with Crippen LogP contribution in [-0.4, -0.2) is 37.5 Å². The topological polar surface area (TPSA) is 68.6 Å². The first-order chi connectivity index (χ1) is 15.0. The molecule has 2 bridgehead atoms. The van der Waals surface area contributed by atoms with Crippen LogP contribution in [0.2, 0.25) is 0 Å². The highest BCUT2D eigenvalue weighted by molar-refractivity contribution is 7.89. The minimum atomic E-state index is -3.54. The van der Waals surface area contributed by atoms with Gasteiger partial charge in [-0.05, 0) is 54.3 Å². The Morgan fingerprint density at radius 2 is 1.65 bits per heavy atom. The summed E-state index contributed by atoms with van der Waals surface area (Å²) < 4.78 is 34.9. The van der Waals surface area contributed by atoms with Crippen LogP contribution >= 0.6 is 0 Å². The fourth-order valence-corrected chi connectivity index (χ4v) is 6.41. The van der Waals surface area contributed by atoms with E-state index in [1.54, 1.807) is 35.7 Å². The van der Waals surface area contributed by atoms with Gasteiger partial charge in [0.25, 0.3) is 5.56 Å². The first-order valence-corrected chi connectivity index (χ1v) is 11.8. The van der Waals surface area contributed by atoms with Gasteiger partial charge < -0.3 is 9.30 Å². The molecule has 2 aromatic carbocycles. The zero-order valence-electron chi connectivity index (χ0n) is 17.3. The van der Waals surface area contributed by atoms with Gasteiger partial charge in [0.2, 0.25) is 10.0 Å². The number of sulfonamides is 1. The Bertz CT molecular complexity index is 1270. The van der Waals surface area contributed by atoms with Crippen molar-refractivity contribution in [2.75, 3.05) is 20.2 Å². The highest BCUT2D eigenvalue weighted by Crippen LogP contribution is 2.37. The quantitative estimate of drug-likeness (QED) is 0.629. The summed E-state index contributed by atoms with van der Waals surface area (Å²) in [5, 5.41) is 0. The molecule has 1 saturated heterocycles. The molecule has 3 heterocycles. The number of hydrogen-bond acceptors (Lipinski definition) is 4. The monoisotopic (exact) mass is 436 g/mol. The lowest BCUT2D eigenvalue weighted by atomic mass is 9.84. The Labute approximate surface area is 181 Å². The van der Waals surface area contributed by atoms with Crippen LogP contribution < -0.4 is 10.3 Å². The van der Waals surface area contributed by atoms with Gasteiger partial charge in [-0.25, -0.2) is 8.42 Å². The number of ether oxygens (including phenoxy) is 1. The molecule has 7 heteroatoms. The van der Waals surface area contributed by atoms with E-state index in [1.807, 2.05) is 47.0 Å². The summed E-state index contributed by atoms with van der Waals surface area (Å²) in [6.45, 7) is 1.37. The number of fused-ring (bicyclic) bond motifs is 4. The predicted molar refractivity (Wildman–Crippen MR) is 119 cm³/mol. The second kappa shape index (κ2) is 7.66. The highest BCUT2D eigenvalue weighted by Gasteiger charge is 2.39. The van der Waals surface area contributed by atoms with Gasteiger partial charge in [-0.2, -0.15) is 4.31 Å². The van der Waals surface area contributed by atoms with E-state index in [1.165, 1.54) is 0 Å². The molecule has 0 aliphatic carbocycles. The van der Waals surface area contributed by atoms with Gasteiger partial charge in [-0.1, -0.05) is 30.3 Å². The van der Waals surface area contributed by atoms with Gasteiger partial charge in [0.1, 0.15) is 5.75 Å². The van der Waals surface area contributed by atoms with Gasteiger partial charge in [0.15, 0.2) is 0 Å². The fraction of sp³-hybridized carbons (Fsp3) is 0.292. The normalized spacial score (nSPS) is 20.8. The van der Waals surface area contributed by atoms with E-state index in [0.717, 1.165) is 23.4 Å². The molecule has 5 rings (SSSR count). The number of rotatable bonds is 4. The molecule has 1 fully saturated rings. The maximum atomic E-state index is 13.3. The van der Waals surface area contributed by atoms with E-state index in [4.69, 9.17) is 4.74 Å². The van der Waals surface area contributed by atoms with Gasteiger partial charge in [-0.3, -0.25) is 4.79 Å². The number of hydrogen-bond donors (Lipinski definition) is 0. The van der Waals surface area contributed by atoms with Crippen LogP contribution in [0.5, 0.6) is 5.75 Å². The summed E-state index contributed by atoms with van der Waals surface area (Å²) in [6, 6.07) is 19.9. The lowest BCUT2D eigenvalue weighted by Gasteiger charge is -2.42. The number of nitrogens with zero attached hydrogens (tertiary/aromatic N) is 2. The number of benzene rings is 2. The second-order valence-corrected chi connectivity index (χ2v) is 10.2. The molecular weight excluding hydrogens is 412 g/mol. The predicted octanol–water partition coefficient (Wildman–Crippen LogP) is 3.33. The lowest BCUT2D eigenvalue weighted by Crippen LogP contribution is -2.49. The summed E-state index contributed by atoms with van der Waals surface area (Å²) in [5.74, 6) is 0.883. The molecule has 0 N–H and O–H groups in total. The Morgan fingerprint density at radius 3 is 2.35 bits per heavy atom. The molecular formula is C24H24N2O4S. The molecule has 6 nitrogen and oxygen atoms in total. The maximum Gasteiger partial charge on any atom is 0.258 e. The molecule has 2 aliphatic rings. The summed E-state index contributed by atoms with van der Waals surface area (Å²) in [5.41, 5.74) is 2.41. The van der Waals surface area contributed by atoms with Crippen molar-refractivity contribution in [3.63, 3.8) is 0 Å². The zero-order chi connectivity index (χ0) is 21.6. The van der Waals surface area contributed by atoms with Gasteiger partial charge in [0, 0.05) is 36.8 Å². The van der Waals surface area contributed by atoms with Gasteiger partial charge in [-0.15, -0.1) is 0 Å². The SMILES string of the molecule is COc1ccc(-c2ccc3n(c2=O)CC2CC3CN(S(=O)(=O)c3ccccc3)C2)cc1. The van der Waals surface area contributed by atoms with E-state index in [-0.39, 0.29) is 17.4 Å². The maximum absolute atomic E-state index is 13.3. The van der Waals surface area contributed by atoms with Crippen LogP contribution in [0.4, 0.5) is 0 Å². The third-order valence-electron chi connectivity index (χ3n) is 6.35. The Morgan fingerprint density at radius 1 is 0.903 bits per heavy atom. The van der Waals surface area contributed by atoms with Crippen LogP contribution in [0.25, 0.3) is 11.1 Å². The summed E-state index contributed by atoms with van der Waals surface area (Å²) in [6.07, 6.45) is 0.905. The summed E-state index contributed by atoms with van der Waals surface area (Å²) in [4.78, 5) is 13.6. The van der Waals surface area contributed by atoms with Crippen molar-refractivity contribution in [3.05, 3.63) is 82.8 Å². The molecule has 3 aromatic rings. The minimum Gasteiger partial charge on any atom is -0.497 e. The van der Waals surface area contributed by atoms with Crippen LogP contribution in [0.3, 0.4) is 0 Å². The first kappa shape index (κ1) is 20.0. The van der Waals surface area contributed by atoms with Crippen molar-refractivity contribution in [2.24, 2.45) is 5.92 Å². The van der Waals surface area contributed by atoms with E-state index >= 15 is 0 Å². The second-order valence-electron chi connectivity index (χ2n) is 8.25. The van der Waals surface area contributed by atoms with Crippen LogP contribution in [0, 0.1) is 5.92 Å². The number of piperidine rings is 1. The Balaban J connectivity index is 1.48. The average molecular weight is 437 g/mol. The van der Waals surface area contributed by atoms with Crippen molar-refractivity contribution >= 4 is 10.0 Å². The van der Waals surface area contributed by atoms with Crippen molar-refractivity contribution in [1.82, 2.24) is 8.87 Å². The molecule has 0 amide bonds. The van der Waals surface area contributed by atoms with E-state index in [0.29, 0.717) is 30.1 Å². The smallest absolute Gasteiger partial charge is 0.258 e. The average Bonchev–Trinajstić information content (AvgIpc) is 2.80. The van der Waals surface area contributed by atoms with Gasteiger partial charge >= 0.3 is 0 Å². The molecule has 160 valence electrons. The number of methoxy groups -OCH3 is 1. The zero-order valence-corrected chi connectivity index (χ0v) is 18.1. The molecule has 31 heavy (non-hydrogen) atoms. The van der Waals surface area contributed by atoms with Crippen LogP contribution in [-0.2, 0) is 16.6 Å². The number of aromatic nitrogens is 1. The summed E-state index contributed by atoms with van der Waals surface area (Å²) >= 11 is 0. The number of pyridine rings is 1. The first-order valence-electron chi connectivity index (χ1n) is 10.4. The van der Waals surface area contributed by atoms with Crippen molar-refractivity contribution in [1.29, 1.82) is 0 Å². The van der Waals surface area contributed by atoms with Crippen LogP contribution in [0.1, 0.15) is 18.0 Å². The molecule has 0 radical (unpaired) electrons. The molecule has 2 atom stereocenters. The lowest BCUT2D eigenvalue weighted by molar-refractivity contribution is 0.186. The van der Waals surface area contributed by atoms with Crippen LogP contribution in [0.15, 0.2) is 76.4 Å². The standard InChI is InChI=1S/C24H24N2O4S/c1-30-20-9-7-18(8-10-20)22-11-12-23-19-13-17(15-26(23)24(22)27)14-25(16-19)31(28,29)21-5-3-2-4-6-21/h2-12,17,19H,13-16H2,1H3. The molecule has 1 aromatic heterocycles. The Hall–Kier alpha value is -2.90. The molecule has 2 unspecified atom stereocenters. The van der Waals surface area contributed by atoms with Crippen molar-refractivity contribution in [2.45, 2.75) is 23.8 Å². The van der Waals surface area contributed by atoms with E-state index in [2.05, 4.69) is 0 Å². The third-order valence-corrected chi connectivity index (χ3v) is 8.20. The highest BCUT2D eigenvalue weighted by atomic mass is 32.2.